The summed E-state index contributed by atoms with van der Waals surface area (Å²) in [7, 11) is -0.390. The molecule has 134 valence electrons. The second-order valence-electron chi connectivity index (χ2n) is 6.83. The van der Waals surface area contributed by atoms with Crippen LogP contribution in [0.25, 0.3) is 0 Å². The lowest BCUT2D eigenvalue weighted by Gasteiger charge is -2.19. The van der Waals surface area contributed by atoms with E-state index in [4.69, 9.17) is 0 Å². The molecule has 0 aliphatic carbocycles. The predicted octanol–water partition coefficient (Wildman–Crippen LogP) is 1.13. The Morgan fingerprint density at radius 3 is 2.29 bits per heavy atom. The molecule has 0 saturated carbocycles. The van der Waals surface area contributed by atoms with Crippen LogP contribution < -0.4 is 0 Å². The summed E-state index contributed by atoms with van der Waals surface area (Å²) in [6.07, 6.45) is 0. The van der Waals surface area contributed by atoms with Crippen LogP contribution in [0.15, 0.2) is 29.2 Å². The largest absolute Gasteiger partial charge is 0.396 e. The van der Waals surface area contributed by atoms with Gasteiger partial charge < -0.3 is 10.0 Å². The molecule has 1 heterocycles. The topological polar surface area (TPSA) is 77.9 Å². The SMILES string of the molecule is CC(C)c1ccc(S(=O)(=O)N2C[C@@H](CO)[C@H](C(=O)N(C)C)C2)cc1. The van der Waals surface area contributed by atoms with Crippen LogP contribution in [-0.2, 0) is 14.8 Å². The van der Waals surface area contributed by atoms with Gasteiger partial charge in [-0.15, -0.1) is 0 Å². The van der Waals surface area contributed by atoms with Gasteiger partial charge in [0.1, 0.15) is 0 Å². The molecule has 0 bridgehead atoms. The van der Waals surface area contributed by atoms with Gasteiger partial charge in [-0.1, -0.05) is 26.0 Å². The molecule has 2 atom stereocenters. The number of amides is 1. The fourth-order valence-electron chi connectivity index (χ4n) is 3.00. The Morgan fingerprint density at radius 2 is 1.83 bits per heavy atom. The first kappa shape index (κ1) is 18.9. The first-order valence-electron chi connectivity index (χ1n) is 8.10. The van der Waals surface area contributed by atoms with E-state index in [1.807, 2.05) is 26.0 Å². The first-order chi connectivity index (χ1) is 11.2. The van der Waals surface area contributed by atoms with E-state index >= 15 is 0 Å². The number of hydrogen-bond acceptors (Lipinski definition) is 4. The van der Waals surface area contributed by atoms with Crippen LogP contribution in [0.1, 0.15) is 25.3 Å². The highest BCUT2D eigenvalue weighted by atomic mass is 32.2. The van der Waals surface area contributed by atoms with E-state index in [-0.39, 0.29) is 36.4 Å². The van der Waals surface area contributed by atoms with Crippen molar-refractivity contribution in [3.8, 4) is 0 Å². The Labute approximate surface area is 144 Å². The zero-order valence-electron chi connectivity index (χ0n) is 14.6. The van der Waals surface area contributed by atoms with Crippen LogP contribution >= 0.6 is 0 Å². The fraction of sp³-hybridized carbons (Fsp3) is 0.588. The van der Waals surface area contributed by atoms with E-state index in [1.165, 1.54) is 9.21 Å². The van der Waals surface area contributed by atoms with Crippen LogP contribution in [0, 0.1) is 11.8 Å². The van der Waals surface area contributed by atoms with Gasteiger partial charge in [0.05, 0.1) is 10.8 Å². The van der Waals surface area contributed by atoms with Gasteiger partial charge in [0, 0.05) is 39.7 Å². The van der Waals surface area contributed by atoms with E-state index in [1.54, 1.807) is 26.2 Å². The molecule has 1 saturated heterocycles. The molecule has 7 heteroatoms. The zero-order chi connectivity index (χ0) is 18.1. The summed E-state index contributed by atoms with van der Waals surface area (Å²) in [6, 6.07) is 6.86. The van der Waals surface area contributed by atoms with E-state index in [0.29, 0.717) is 5.92 Å². The molecular formula is C17H26N2O4S. The first-order valence-corrected chi connectivity index (χ1v) is 9.54. The highest BCUT2D eigenvalue weighted by Crippen LogP contribution is 2.30. The quantitative estimate of drug-likeness (QED) is 0.860. The average Bonchev–Trinajstić information content (AvgIpc) is 2.99. The Morgan fingerprint density at radius 1 is 1.25 bits per heavy atom. The summed E-state index contributed by atoms with van der Waals surface area (Å²) in [5, 5.41) is 9.53. The molecule has 1 aromatic carbocycles. The average molecular weight is 354 g/mol. The summed E-state index contributed by atoms with van der Waals surface area (Å²) in [5.74, 6) is -0.698. The van der Waals surface area contributed by atoms with Crippen LogP contribution in [0.5, 0.6) is 0 Å². The van der Waals surface area contributed by atoms with Crippen molar-refractivity contribution in [1.82, 2.24) is 9.21 Å². The number of nitrogens with zero attached hydrogens (tertiary/aromatic N) is 2. The van der Waals surface area contributed by atoms with Crippen molar-refractivity contribution >= 4 is 15.9 Å². The lowest BCUT2D eigenvalue weighted by Crippen LogP contribution is -2.35. The second kappa shape index (κ2) is 7.21. The maximum atomic E-state index is 12.8. The van der Waals surface area contributed by atoms with Crippen molar-refractivity contribution < 1.29 is 18.3 Å². The van der Waals surface area contributed by atoms with Crippen LogP contribution in [0.3, 0.4) is 0 Å². The van der Waals surface area contributed by atoms with Crippen molar-refractivity contribution in [3.63, 3.8) is 0 Å². The summed E-state index contributed by atoms with van der Waals surface area (Å²) in [6.45, 7) is 4.16. The van der Waals surface area contributed by atoms with Crippen LogP contribution in [0.2, 0.25) is 0 Å². The van der Waals surface area contributed by atoms with E-state index in [2.05, 4.69) is 0 Å². The molecule has 1 fully saturated rings. The van der Waals surface area contributed by atoms with Gasteiger partial charge in [-0.2, -0.15) is 4.31 Å². The molecule has 24 heavy (non-hydrogen) atoms. The lowest BCUT2D eigenvalue weighted by atomic mass is 9.96. The number of benzene rings is 1. The summed E-state index contributed by atoms with van der Waals surface area (Å²) in [5.41, 5.74) is 1.07. The molecule has 1 aromatic rings. The predicted molar refractivity (Wildman–Crippen MR) is 92.0 cm³/mol. The van der Waals surface area contributed by atoms with Gasteiger partial charge in [0.25, 0.3) is 0 Å². The van der Waals surface area contributed by atoms with Crippen molar-refractivity contribution in [3.05, 3.63) is 29.8 Å². The molecule has 1 N–H and O–H groups in total. The Bertz CT molecular complexity index is 683. The van der Waals surface area contributed by atoms with Gasteiger partial charge in [-0.3, -0.25) is 4.79 Å². The van der Waals surface area contributed by atoms with Crippen LogP contribution in [-0.4, -0.2) is 62.4 Å². The molecule has 1 amide bonds. The van der Waals surface area contributed by atoms with Gasteiger partial charge in [0.2, 0.25) is 15.9 Å². The molecule has 0 aromatic heterocycles. The van der Waals surface area contributed by atoms with Gasteiger partial charge >= 0.3 is 0 Å². The summed E-state index contributed by atoms with van der Waals surface area (Å²) < 4.78 is 27.0. The number of carbonyl (C=O) groups excluding carboxylic acids is 1. The highest BCUT2D eigenvalue weighted by Gasteiger charge is 2.42. The molecule has 0 unspecified atom stereocenters. The number of rotatable bonds is 5. The minimum absolute atomic E-state index is 0.108. The van der Waals surface area contributed by atoms with E-state index < -0.39 is 15.9 Å². The summed E-state index contributed by atoms with van der Waals surface area (Å²) in [4.78, 5) is 13.9. The molecule has 1 aliphatic heterocycles. The van der Waals surface area contributed by atoms with Crippen molar-refractivity contribution in [2.75, 3.05) is 33.8 Å². The summed E-state index contributed by atoms with van der Waals surface area (Å²) >= 11 is 0. The molecular weight excluding hydrogens is 328 g/mol. The second-order valence-corrected chi connectivity index (χ2v) is 8.77. The van der Waals surface area contributed by atoms with E-state index in [0.717, 1.165) is 5.56 Å². The van der Waals surface area contributed by atoms with E-state index in [9.17, 15) is 18.3 Å². The van der Waals surface area contributed by atoms with Gasteiger partial charge in [-0.05, 0) is 23.6 Å². The Balaban J connectivity index is 2.25. The van der Waals surface area contributed by atoms with Gasteiger partial charge in [-0.25, -0.2) is 8.42 Å². The number of carbonyl (C=O) groups is 1. The molecule has 6 nitrogen and oxygen atoms in total. The maximum Gasteiger partial charge on any atom is 0.243 e. The maximum absolute atomic E-state index is 12.8. The minimum atomic E-state index is -3.66. The lowest BCUT2D eigenvalue weighted by molar-refractivity contribution is -0.134. The molecule has 0 spiro atoms. The number of hydrogen-bond donors (Lipinski definition) is 1. The monoisotopic (exact) mass is 354 g/mol. The Hall–Kier alpha value is -1.44. The van der Waals surface area contributed by atoms with Gasteiger partial charge in [0.15, 0.2) is 0 Å². The third-order valence-electron chi connectivity index (χ3n) is 4.58. The molecule has 1 aliphatic rings. The van der Waals surface area contributed by atoms with Crippen molar-refractivity contribution in [2.45, 2.75) is 24.7 Å². The number of aliphatic hydroxyl groups is 1. The zero-order valence-corrected chi connectivity index (χ0v) is 15.5. The third-order valence-corrected chi connectivity index (χ3v) is 6.43. The third kappa shape index (κ3) is 3.63. The molecule has 2 rings (SSSR count). The van der Waals surface area contributed by atoms with Crippen molar-refractivity contribution in [2.24, 2.45) is 11.8 Å². The normalized spacial score (nSPS) is 22.1. The standard InChI is InChI=1S/C17H26N2O4S/c1-12(2)13-5-7-15(8-6-13)24(22,23)19-9-14(11-20)16(10-19)17(21)18(3)4/h5-8,12,14,16,20H,9-11H2,1-4H3/t14-,16+/m0/s1. The van der Waals surface area contributed by atoms with Crippen LogP contribution in [0.4, 0.5) is 0 Å². The molecule has 0 radical (unpaired) electrons. The minimum Gasteiger partial charge on any atom is -0.396 e. The number of sulfonamides is 1. The van der Waals surface area contributed by atoms with Crippen molar-refractivity contribution in [1.29, 1.82) is 0 Å². The number of aliphatic hydroxyl groups excluding tert-OH is 1. The highest BCUT2D eigenvalue weighted by molar-refractivity contribution is 7.89. The Kier molecular flexibility index (Phi) is 5.67. The smallest absolute Gasteiger partial charge is 0.243 e. The fourth-order valence-corrected chi connectivity index (χ4v) is 4.52.